The molecule has 1 amide bonds. The Morgan fingerprint density at radius 2 is 2.00 bits per heavy atom. The lowest BCUT2D eigenvalue weighted by atomic mass is 9.77. The van der Waals surface area contributed by atoms with Crippen LogP contribution in [0.3, 0.4) is 0 Å². The van der Waals surface area contributed by atoms with Crippen LogP contribution < -0.4 is 9.64 Å². The van der Waals surface area contributed by atoms with Gasteiger partial charge in [-0.15, -0.1) is 10.2 Å². The molecule has 2 aromatic rings. The lowest BCUT2D eigenvalue weighted by Crippen LogP contribution is -2.60. The number of methoxy groups -OCH3 is 1. The molecule has 4 rings (SSSR count). The molecule has 2 aliphatic rings. The van der Waals surface area contributed by atoms with Crippen LogP contribution in [-0.2, 0) is 4.74 Å². The van der Waals surface area contributed by atoms with Crippen LogP contribution in [0.4, 0.5) is 10.2 Å². The van der Waals surface area contributed by atoms with Crippen LogP contribution in [0, 0.1) is 11.2 Å². The van der Waals surface area contributed by atoms with Gasteiger partial charge in [-0.05, 0) is 78.2 Å². The molecule has 2 aliphatic heterocycles. The number of likely N-dealkylation sites (N-methyl/N-ethyl adjacent to an activating group) is 1. The zero-order valence-electron chi connectivity index (χ0n) is 27.8. The number of rotatable bonds is 16. The van der Waals surface area contributed by atoms with Gasteiger partial charge in [-0.3, -0.25) is 9.69 Å². The second-order valence-electron chi connectivity index (χ2n) is 12.3. The maximum absolute atomic E-state index is 14.3. The van der Waals surface area contributed by atoms with E-state index in [0.717, 1.165) is 78.0 Å². The van der Waals surface area contributed by atoms with E-state index >= 15 is 0 Å². The van der Waals surface area contributed by atoms with Gasteiger partial charge in [0.15, 0.2) is 5.82 Å². The van der Waals surface area contributed by atoms with Crippen molar-refractivity contribution in [2.75, 3.05) is 71.5 Å². The molecule has 1 aromatic heterocycles. The largest absolute Gasteiger partial charge is 0.434 e. The molecule has 2 fully saturated rings. The summed E-state index contributed by atoms with van der Waals surface area (Å²) in [6.07, 6.45) is 6.04. The van der Waals surface area contributed by atoms with Gasteiger partial charge in [0.05, 0.1) is 12.2 Å². The lowest BCUT2D eigenvalue weighted by Gasteiger charge is -2.52. The van der Waals surface area contributed by atoms with E-state index in [4.69, 9.17) is 9.47 Å². The molecule has 1 spiro atoms. The number of likely N-dealkylation sites (tertiary alicyclic amines) is 1. The second-order valence-corrected chi connectivity index (χ2v) is 12.3. The Morgan fingerprint density at radius 1 is 1.21 bits per heavy atom. The first-order valence-electron chi connectivity index (χ1n) is 16.2. The first-order chi connectivity index (χ1) is 21.0. The fraction of sp³-hybridized carbons (Fsp3) is 0.688. The van der Waals surface area contributed by atoms with Gasteiger partial charge in [0, 0.05) is 65.2 Å². The molecule has 0 N–H and O–H groups in total. The first kappa shape index (κ1) is 31.5. The number of ether oxygens (including phenoxy) is 2. The van der Waals surface area contributed by atoms with Crippen molar-refractivity contribution < 1.29 is 20.0 Å². The lowest BCUT2D eigenvalue weighted by molar-refractivity contribution is -0.0229. The van der Waals surface area contributed by atoms with Crippen LogP contribution in [-0.4, -0.2) is 114 Å². The molecule has 0 saturated carbocycles. The van der Waals surface area contributed by atoms with E-state index in [1.54, 1.807) is 12.0 Å². The number of carbonyl (C=O) groups is 1. The fourth-order valence-corrected chi connectivity index (χ4v) is 6.30. The summed E-state index contributed by atoms with van der Waals surface area (Å²) >= 11 is 0. The van der Waals surface area contributed by atoms with Crippen molar-refractivity contribution in [1.82, 2.24) is 29.9 Å². The van der Waals surface area contributed by atoms with E-state index in [1.807, 2.05) is 20.8 Å². The van der Waals surface area contributed by atoms with Crippen molar-refractivity contribution >= 4 is 11.7 Å². The molecule has 11 heteroatoms. The average Bonchev–Trinajstić information content (AvgIpc) is 3.43. The molecule has 3 heterocycles. The number of amides is 1. The molecule has 1 unspecified atom stereocenters. The van der Waals surface area contributed by atoms with Gasteiger partial charge in [0.2, 0.25) is 0 Å². The summed E-state index contributed by atoms with van der Waals surface area (Å²) in [7, 11) is 3.83. The molecule has 0 radical (unpaired) electrons. The summed E-state index contributed by atoms with van der Waals surface area (Å²) in [5.41, 5.74) is 0.213. The Balaban J connectivity index is 1.43. The van der Waals surface area contributed by atoms with Crippen molar-refractivity contribution in [1.29, 1.82) is 0 Å². The van der Waals surface area contributed by atoms with E-state index in [9.17, 15) is 10.6 Å². The van der Waals surface area contributed by atoms with Crippen molar-refractivity contribution in [3.63, 3.8) is 0 Å². The Bertz CT molecular complexity index is 1250. The summed E-state index contributed by atoms with van der Waals surface area (Å²) in [5.74, 6) is 0.138. The minimum atomic E-state index is -0.561. The van der Waals surface area contributed by atoms with Gasteiger partial charge in [0.25, 0.3) is 11.8 Å². The van der Waals surface area contributed by atoms with E-state index in [-0.39, 0.29) is 34.6 Å². The zero-order chi connectivity index (χ0) is 31.9. The number of hydrogen-bond donors (Lipinski definition) is 0. The van der Waals surface area contributed by atoms with Crippen LogP contribution >= 0.6 is 0 Å². The fourth-order valence-electron chi connectivity index (χ4n) is 6.30. The summed E-state index contributed by atoms with van der Waals surface area (Å²) in [5, 5.41) is 8.18. The van der Waals surface area contributed by atoms with E-state index in [0.29, 0.717) is 12.4 Å². The summed E-state index contributed by atoms with van der Waals surface area (Å²) < 4.78 is 35.0. The SMILES string of the molecule is [2H]C(CCC)(CCCN(C)CCOC)N1CC2(CCN(c3ncnnc3Oc3ccc(F)cc3C(=O)N(CC)C(C)C)C2)C1. The third-order valence-corrected chi connectivity index (χ3v) is 8.63. The number of hydrogen-bond acceptors (Lipinski definition) is 9. The van der Waals surface area contributed by atoms with Gasteiger partial charge in [0.1, 0.15) is 17.9 Å². The van der Waals surface area contributed by atoms with E-state index in [1.165, 1.54) is 24.5 Å². The van der Waals surface area contributed by atoms with Crippen LogP contribution in [0.25, 0.3) is 0 Å². The summed E-state index contributed by atoms with van der Waals surface area (Å²) in [4.78, 5) is 26.3. The molecule has 0 bridgehead atoms. The van der Waals surface area contributed by atoms with Crippen LogP contribution in [0.2, 0.25) is 0 Å². The van der Waals surface area contributed by atoms with E-state index in [2.05, 4.69) is 43.9 Å². The van der Waals surface area contributed by atoms with Gasteiger partial charge in [-0.25, -0.2) is 9.37 Å². The van der Waals surface area contributed by atoms with Crippen LogP contribution in [0.15, 0.2) is 24.5 Å². The quantitative estimate of drug-likeness (QED) is 0.272. The Hall–Kier alpha value is -2.89. The highest BCUT2D eigenvalue weighted by molar-refractivity contribution is 5.97. The number of carbonyl (C=O) groups excluding carboxylic acids is 1. The summed E-state index contributed by atoms with van der Waals surface area (Å²) in [6, 6.07) is 3.33. The molecule has 1 atom stereocenters. The summed E-state index contributed by atoms with van der Waals surface area (Å²) in [6.45, 7) is 14.3. The van der Waals surface area contributed by atoms with Crippen LogP contribution in [0.5, 0.6) is 11.6 Å². The van der Waals surface area contributed by atoms with Crippen molar-refractivity contribution in [2.24, 2.45) is 5.41 Å². The predicted molar refractivity (Wildman–Crippen MR) is 166 cm³/mol. The van der Waals surface area contributed by atoms with Gasteiger partial charge in [-0.1, -0.05) is 13.3 Å². The number of anilines is 1. The predicted octanol–water partition coefficient (Wildman–Crippen LogP) is 4.71. The minimum Gasteiger partial charge on any atom is -0.434 e. The number of nitrogens with zero attached hydrogens (tertiary/aromatic N) is 7. The third-order valence-electron chi connectivity index (χ3n) is 8.63. The van der Waals surface area contributed by atoms with Crippen molar-refractivity contribution in [3.8, 4) is 11.6 Å². The molecule has 1 aromatic carbocycles. The van der Waals surface area contributed by atoms with Gasteiger partial charge < -0.3 is 24.2 Å². The van der Waals surface area contributed by atoms with Crippen LogP contribution in [0.1, 0.15) is 71.5 Å². The van der Waals surface area contributed by atoms with Crippen molar-refractivity contribution in [2.45, 2.75) is 71.9 Å². The third kappa shape index (κ3) is 8.19. The molecule has 0 aliphatic carbocycles. The zero-order valence-corrected chi connectivity index (χ0v) is 26.8. The maximum Gasteiger partial charge on any atom is 0.282 e. The highest BCUT2D eigenvalue weighted by Crippen LogP contribution is 2.44. The topological polar surface area (TPSA) is 87.2 Å². The molecule has 2 saturated heterocycles. The monoisotopic (exact) mass is 600 g/mol. The van der Waals surface area contributed by atoms with E-state index < -0.39 is 11.8 Å². The molecular weight excluding hydrogens is 549 g/mol. The standard InChI is InChI=1S/C32H50FN7O3/c1-7-10-26(11-9-15-37(5)17-18-42-6)39-21-32(22-39)14-16-38(20-32)29-30(36-35-23-34-29)43-28-13-12-25(33)19-27(28)31(41)40(8-2)24(3)4/h12-13,19,23-24,26H,7-11,14-18,20-22H2,1-6H3/i26D. The van der Waals surface area contributed by atoms with Crippen molar-refractivity contribution in [3.05, 3.63) is 35.9 Å². The Kier molecular flexibility index (Phi) is 11.2. The average molecular weight is 601 g/mol. The maximum atomic E-state index is 14.3. The highest BCUT2D eigenvalue weighted by atomic mass is 19.1. The molecular formula is C32H50FN7O3. The van der Waals surface area contributed by atoms with Gasteiger partial charge in [-0.2, -0.15) is 0 Å². The smallest absolute Gasteiger partial charge is 0.282 e. The first-order valence-corrected chi connectivity index (χ1v) is 15.7. The van der Waals surface area contributed by atoms with Gasteiger partial charge >= 0.3 is 0 Å². The number of aromatic nitrogens is 3. The molecule has 10 nitrogen and oxygen atoms in total. The Morgan fingerprint density at radius 3 is 2.70 bits per heavy atom. The number of benzene rings is 1. The minimum absolute atomic E-state index is 0.0535. The molecule has 238 valence electrons. The number of halogens is 1. The molecule has 43 heavy (non-hydrogen) atoms. The second kappa shape index (κ2) is 15.2. The highest BCUT2D eigenvalue weighted by Gasteiger charge is 2.49. The Labute approximate surface area is 257 Å². The normalized spacial score (nSPS) is 18.2.